The summed E-state index contributed by atoms with van der Waals surface area (Å²) < 4.78 is 5.01. The van der Waals surface area contributed by atoms with Gasteiger partial charge in [-0.1, -0.05) is 18.2 Å². The number of hydrogen-bond donors (Lipinski definition) is 2. The zero-order valence-electron chi connectivity index (χ0n) is 11.1. The molecule has 2 rings (SSSR count). The van der Waals surface area contributed by atoms with Gasteiger partial charge in [0, 0.05) is 11.9 Å². The fourth-order valence-corrected chi connectivity index (χ4v) is 1.88. The number of carbonyl (C=O) groups excluding carboxylic acids is 1. The van der Waals surface area contributed by atoms with Gasteiger partial charge in [-0.25, -0.2) is 4.98 Å². The van der Waals surface area contributed by atoms with Gasteiger partial charge in [-0.3, -0.25) is 14.9 Å². The summed E-state index contributed by atoms with van der Waals surface area (Å²) in [5, 5.41) is 14.7. The van der Waals surface area contributed by atoms with Crippen LogP contribution in [0.15, 0.2) is 30.5 Å². The van der Waals surface area contributed by atoms with E-state index in [-0.39, 0.29) is 18.9 Å². The van der Waals surface area contributed by atoms with Crippen molar-refractivity contribution in [3.63, 3.8) is 0 Å². The third-order valence-electron chi connectivity index (χ3n) is 2.74. The third kappa shape index (κ3) is 3.63. The molecule has 0 aliphatic heterocycles. The van der Waals surface area contributed by atoms with Crippen LogP contribution in [-0.4, -0.2) is 35.6 Å². The maximum absolute atomic E-state index is 11.1. The average molecular weight is 290 g/mol. The lowest BCUT2D eigenvalue weighted by Crippen LogP contribution is -2.20. The summed E-state index contributed by atoms with van der Waals surface area (Å²) in [6.07, 6.45) is 1.22. The van der Waals surface area contributed by atoms with Gasteiger partial charge < -0.3 is 15.8 Å². The Kier molecular flexibility index (Phi) is 4.62. The van der Waals surface area contributed by atoms with Crippen LogP contribution in [0.4, 0.5) is 11.4 Å². The van der Waals surface area contributed by atoms with E-state index in [0.29, 0.717) is 23.1 Å². The molecule has 0 atom stereocenters. The van der Waals surface area contributed by atoms with Gasteiger partial charge in [-0.2, -0.15) is 0 Å². The number of nitrogens with zero attached hydrogens (tertiary/aromatic N) is 2. The predicted molar refractivity (Wildman–Crippen MR) is 76.9 cm³/mol. The van der Waals surface area contributed by atoms with Crippen molar-refractivity contribution < 1.29 is 14.5 Å². The molecule has 0 saturated carbocycles. The molecule has 1 aromatic carbocycles. The molecule has 0 aliphatic rings. The van der Waals surface area contributed by atoms with Crippen molar-refractivity contribution >= 4 is 28.2 Å². The van der Waals surface area contributed by atoms with E-state index in [1.807, 2.05) is 0 Å². The van der Waals surface area contributed by atoms with Crippen LogP contribution in [0.5, 0.6) is 0 Å². The van der Waals surface area contributed by atoms with E-state index in [0.717, 1.165) is 0 Å². The molecule has 110 valence electrons. The van der Waals surface area contributed by atoms with E-state index >= 15 is 0 Å². The first-order chi connectivity index (χ1) is 10.1. The number of fused-ring (bicyclic) bond motifs is 1. The second-order valence-electron chi connectivity index (χ2n) is 4.24. The number of para-hydroxylation sites is 1. The molecule has 8 heteroatoms. The number of hydrogen-bond acceptors (Lipinski definition) is 6. The van der Waals surface area contributed by atoms with Crippen molar-refractivity contribution in [1.29, 1.82) is 0 Å². The molecule has 1 aromatic heterocycles. The highest BCUT2D eigenvalue weighted by atomic mass is 16.6. The minimum atomic E-state index is -0.560. The lowest BCUT2D eigenvalue weighted by atomic mass is 10.1. The van der Waals surface area contributed by atoms with Gasteiger partial charge in [0.05, 0.1) is 17.0 Å². The highest BCUT2D eigenvalue weighted by Crippen LogP contribution is 2.30. The van der Waals surface area contributed by atoms with Crippen molar-refractivity contribution in [2.24, 2.45) is 5.73 Å². The van der Waals surface area contributed by atoms with E-state index in [2.05, 4.69) is 10.3 Å². The van der Waals surface area contributed by atoms with Crippen LogP contribution in [0.25, 0.3) is 10.9 Å². The number of pyridine rings is 1. The van der Waals surface area contributed by atoms with Gasteiger partial charge in [0.15, 0.2) is 0 Å². The average Bonchev–Trinajstić information content (AvgIpc) is 2.46. The minimum Gasteiger partial charge on any atom is -0.377 e. The molecule has 0 aliphatic carbocycles. The summed E-state index contributed by atoms with van der Waals surface area (Å²) in [4.78, 5) is 25.2. The van der Waals surface area contributed by atoms with E-state index in [9.17, 15) is 14.9 Å². The normalized spacial score (nSPS) is 10.5. The highest BCUT2D eigenvalue weighted by molar-refractivity contribution is 5.95. The van der Waals surface area contributed by atoms with Crippen LogP contribution in [0.3, 0.4) is 0 Å². The van der Waals surface area contributed by atoms with Gasteiger partial charge in [0.1, 0.15) is 18.5 Å². The molecular weight excluding hydrogens is 276 g/mol. The number of carbonyl (C=O) groups is 1. The number of amides is 1. The second-order valence-corrected chi connectivity index (χ2v) is 4.24. The quantitative estimate of drug-likeness (QED) is 0.447. The Morgan fingerprint density at radius 2 is 2.19 bits per heavy atom. The number of benzene rings is 1. The summed E-state index contributed by atoms with van der Waals surface area (Å²) in [7, 11) is 0. The van der Waals surface area contributed by atoms with Crippen LogP contribution in [0, 0.1) is 10.1 Å². The molecule has 0 bridgehead atoms. The van der Waals surface area contributed by atoms with Crippen molar-refractivity contribution in [3.05, 3.63) is 40.6 Å². The summed E-state index contributed by atoms with van der Waals surface area (Å²) in [5.41, 5.74) is 5.87. The Bertz CT molecular complexity index is 674. The van der Waals surface area contributed by atoms with Crippen molar-refractivity contribution in [3.8, 4) is 0 Å². The molecule has 21 heavy (non-hydrogen) atoms. The monoisotopic (exact) mass is 290 g/mol. The third-order valence-corrected chi connectivity index (χ3v) is 2.74. The van der Waals surface area contributed by atoms with Gasteiger partial charge >= 0.3 is 5.69 Å². The smallest absolute Gasteiger partial charge is 0.311 e. The Balaban J connectivity index is 2.17. The molecule has 0 radical (unpaired) electrons. The molecule has 1 heterocycles. The number of anilines is 1. The summed E-state index contributed by atoms with van der Waals surface area (Å²) >= 11 is 0. The molecule has 0 spiro atoms. The number of nitro groups is 1. The molecule has 3 N–H and O–H groups in total. The van der Waals surface area contributed by atoms with E-state index in [1.54, 1.807) is 24.3 Å². The molecule has 1 amide bonds. The first kappa shape index (κ1) is 14.7. The van der Waals surface area contributed by atoms with Crippen LogP contribution >= 0.6 is 0 Å². The van der Waals surface area contributed by atoms with Crippen molar-refractivity contribution in [1.82, 2.24) is 4.98 Å². The Labute approximate surface area is 120 Å². The van der Waals surface area contributed by atoms with Crippen LogP contribution in [-0.2, 0) is 9.53 Å². The minimum absolute atomic E-state index is 0.108. The maximum atomic E-state index is 11.1. The second kappa shape index (κ2) is 6.62. The Morgan fingerprint density at radius 1 is 1.43 bits per heavy atom. The first-order valence-electron chi connectivity index (χ1n) is 6.21. The van der Waals surface area contributed by atoms with E-state index in [4.69, 9.17) is 10.5 Å². The van der Waals surface area contributed by atoms with Gasteiger partial charge in [0.2, 0.25) is 5.91 Å². The zero-order valence-corrected chi connectivity index (χ0v) is 11.1. The zero-order chi connectivity index (χ0) is 15.2. The first-order valence-corrected chi connectivity index (χ1v) is 6.21. The highest BCUT2D eigenvalue weighted by Gasteiger charge is 2.17. The molecule has 2 aromatic rings. The molecule has 0 saturated heterocycles. The van der Waals surface area contributed by atoms with Crippen LogP contribution < -0.4 is 11.1 Å². The molecule has 0 fully saturated rings. The van der Waals surface area contributed by atoms with Gasteiger partial charge in [0.25, 0.3) is 0 Å². The van der Waals surface area contributed by atoms with Gasteiger partial charge in [-0.05, 0) is 6.07 Å². The lowest BCUT2D eigenvalue weighted by molar-refractivity contribution is -0.384. The fraction of sp³-hybridized carbons (Fsp3) is 0.231. The number of nitrogens with two attached hydrogens (primary N) is 1. The van der Waals surface area contributed by atoms with Crippen molar-refractivity contribution in [2.45, 2.75) is 0 Å². The maximum Gasteiger partial charge on any atom is 0.311 e. The molecule has 0 unspecified atom stereocenters. The van der Waals surface area contributed by atoms with Crippen LogP contribution in [0.2, 0.25) is 0 Å². The number of primary amides is 1. The topological polar surface area (TPSA) is 120 Å². The summed E-state index contributed by atoms with van der Waals surface area (Å²) in [6, 6.07) is 7.11. The van der Waals surface area contributed by atoms with Crippen molar-refractivity contribution in [2.75, 3.05) is 25.1 Å². The summed E-state index contributed by atoms with van der Waals surface area (Å²) in [6.45, 7) is 0.333. The van der Waals surface area contributed by atoms with E-state index in [1.165, 1.54) is 6.20 Å². The lowest BCUT2D eigenvalue weighted by Gasteiger charge is -2.10. The number of ether oxygens (including phenoxy) is 1. The molecular formula is C13H14N4O4. The SMILES string of the molecule is NC(=O)COCCNc1c([N+](=O)[O-])cnc2ccccc12. The number of nitrogens with one attached hydrogen (secondary N) is 1. The summed E-state index contributed by atoms with van der Waals surface area (Å²) in [5.74, 6) is -0.560. The Morgan fingerprint density at radius 3 is 2.90 bits per heavy atom. The van der Waals surface area contributed by atoms with Crippen LogP contribution in [0.1, 0.15) is 0 Å². The standard InChI is InChI=1S/C13H14N4O4/c14-12(18)8-21-6-5-15-13-9-3-1-2-4-10(9)16-7-11(13)17(19)20/h1-4,7H,5-6,8H2,(H2,14,18)(H,15,16). The van der Waals surface area contributed by atoms with Gasteiger partial charge in [-0.15, -0.1) is 0 Å². The molecule has 8 nitrogen and oxygen atoms in total. The largest absolute Gasteiger partial charge is 0.377 e. The van der Waals surface area contributed by atoms with E-state index < -0.39 is 10.8 Å². The number of rotatable bonds is 7. The predicted octanol–water partition coefficient (Wildman–Crippen LogP) is 1.06. The number of aromatic nitrogens is 1. The fourth-order valence-electron chi connectivity index (χ4n) is 1.88. The Hall–Kier alpha value is -2.74.